The molecule has 2 amide bonds. The van der Waals surface area contributed by atoms with Gasteiger partial charge in [-0.2, -0.15) is 0 Å². The van der Waals surface area contributed by atoms with Crippen LogP contribution < -0.4 is 20.1 Å². The van der Waals surface area contributed by atoms with Crippen molar-refractivity contribution >= 4 is 43.2 Å². The molecule has 312 valence electrons. The molecule has 0 saturated heterocycles. The Hall–Kier alpha value is -5.04. The van der Waals surface area contributed by atoms with Crippen molar-refractivity contribution in [1.29, 1.82) is 0 Å². The first-order chi connectivity index (χ1) is 27.4. The Balaban J connectivity index is 0.000000221. The molecule has 18 heteroatoms. The summed E-state index contributed by atoms with van der Waals surface area (Å²) < 4.78 is 113. The molecule has 2 aromatic carbocycles. The first kappa shape index (κ1) is 44.1. The molecule has 4 heterocycles. The van der Waals surface area contributed by atoms with Crippen molar-refractivity contribution in [2.45, 2.75) is 87.1 Å². The van der Waals surface area contributed by atoms with E-state index in [1.807, 2.05) is 24.3 Å². The van der Waals surface area contributed by atoms with Gasteiger partial charge in [-0.3, -0.25) is 9.59 Å². The SMILES string of the molecule is CC1CCC/C=C/Cc2c(cn(C)c2C(=O)Nc2ccc(F)c(F)c2)S(=O)(=O)N1.CC1CCC/C=C\Cc2c(cn(C)c2C(=O)Nc2ccc(F)c(F)c2)S(=O)(=O)N1. The average molecular weight is 847 g/mol. The topological polar surface area (TPSA) is 160 Å². The zero-order valence-corrected chi connectivity index (χ0v) is 34.0. The molecule has 4 aromatic rings. The first-order valence-electron chi connectivity index (χ1n) is 18.6. The second-order valence-corrected chi connectivity index (χ2v) is 17.7. The lowest BCUT2D eigenvalue weighted by atomic mass is 10.1. The third-order valence-electron chi connectivity index (χ3n) is 9.56. The number of nitrogens with one attached hydrogen (secondary N) is 4. The van der Waals surface area contributed by atoms with Crippen LogP contribution in [0.15, 0.2) is 82.9 Å². The molecule has 2 atom stereocenters. The number of carbonyl (C=O) groups excluding carboxylic acids is 2. The van der Waals surface area contributed by atoms with E-state index in [2.05, 4.69) is 20.1 Å². The van der Waals surface area contributed by atoms with Gasteiger partial charge < -0.3 is 19.8 Å². The maximum atomic E-state index is 13.5. The highest BCUT2D eigenvalue weighted by Crippen LogP contribution is 2.28. The molecular formula is C40H46F4N6O6S2. The molecule has 2 unspecified atom stereocenters. The number of rotatable bonds is 4. The van der Waals surface area contributed by atoms with Gasteiger partial charge in [-0.05, 0) is 89.5 Å². The van der Waals surface area contributed by atoms with Gasteiger partial charge in [0.1, 0.15) is 21.2 Å². The maximum Gasteiger partial charge on any atom is 0.272 e. The third kappa shape index (κ3) is 10.7. The first-order valence-corrected chi connectivity index (χ1v) is 21.6. The summed E-state index contributed by atoms with van der Waals surface area (Å²) in [7, 11) is -4.50. The molecule has 0 fully saturated rings. The van der Waals surface area contributed by atoms with Crippen molar-refractivity contribution in [3.63, 3.8) is 0 Å². The van der Waals surface area contributed by atoms with E-state index in [1.54, 1.807) is 27.9 Å². The molecular weight excluding hydrogens is 801 g/mol. The lowest BCUT2D eigenvalue weighted by Crippen LogP contribution is -2.32. The van der Waals surface area contributed by atoms with Gasteiger partial charge in [-0.15, -0.1) is 0 Å². The van der Waals surface area contributed by atoms with Gasteiger partial charge in [0.15, 0.2) is 23.3 Å². The Kier molecular flexibility index (Phi) is 14.2. The molecule has 0 bridgehead atoms. The predicted molar refractivity (Wildman–Crippen MR) is 212 cm³/mol. The molecule has 0 saturated carbocycles. The summed E-state index contributed by atoms with van der Waals surface area (Å²) in [6.45, 7) is 3.61. The van der Waals surface area contributed by atoms with E-state index in [0.717, 1.165) is 49.9 Å². The van der Waals surface area contributed by atoms with Crippen molar-refractivity contribution in [2.24, 2.45) is 14.1 Å². The van der Waals surface area contributed by atoms with Crippen LogP contribution in [0.25, 0.3) is 0 Å². The Morgan fingerprint density at radius 3 is 1.36 bits per heavy atom. The van der Waals surface area contributed by atoms with Crippen LogP contribution in [0.2, 0.25) is 0 Å². The summed E-state index contributed by atoms with van der Waals surface area (Å²) in [6.07, 6.45) is 15.7. The van der Waals surface area contributed by atoms with Crippen LogP contribution in [-0.2, 0) is 47.0 Å². The highest BCUT2D eigenvalue weighted by molar-refractivity contribution is 7.89. The highest BCUT2D eigenvalue weighted by atomic mass is 32.2. The molecule has 2 aromatic heterocycles. The monoisotopic (exact) mass is 846 g/mol. The number of hydrogen-bond acceptors (Lipinski definition) is 6. The number of allylic oxidation sites excluding steroid dienone is 4. The van der Waals surface area contributed by atoms with Crippen LogP contribution in [0.1, 0.15) is 84.5 Å². The number of sulfonamides is 2. The van der Waals surface area contributed by atoms with Crippen LogP contribution in [0.3, 0.4) is 0 Å². The van der Waals surface area contributed by atoms with Crippen LogP contribution >= 0.6 is 0 Å². The smallest absolute Gasteiger partial charge is 0.272 e. The molecule has 12 nitrogen and oxygen atoms in total. The van der Waals surface area contributed by atoms with E-state index in [4.69, 9.17) is 0 Å². The van der Waals surface area contributed by atoms with Crippen molar-refractivity contribution in [3.8, 4) is 0 Å². The number of aryl methyl sites for hydroxylation is 2. The number of benzene rings is 2. The van der Waals surface area contributed by atoms with E-state index in [0.29, 0.717) is 24.0 Å². The average Bonchev–Trinajstić information content (AvgIpc) is 3.66. The van der Waals surface area contributed by atoms with Crippen molar-refractivity contribution < 1.29 is 44.0 Å². The predicted octanol–water partition coefficient (Wildman–Crippen LogP) is 7.01. The van der Waals surface area contributed by atoms with Crippen LogP contribution in [-0.4, -0.2) is 49.9 Å². The summed E-state index contributed by atoms with van der Waals surface area (Å²) in [4.78, 5) is 25.8. The molecule has 6 rings (SSSR count). The second-order valence-electron chi connectivity index (χ2n) is 14.3. The van der Waals surface area contributed by atoms with Gasteiger partial charge in [-0.1, -0.05) is 24.3 Å². The largest absolute Gasteiger partial charge is 0.345 e. The number of aromatic nitrogens is 2. The molecule has 0 aliphatic carbocycles. The molecule has 4 N–H and O–H groups in total. The number of nitrogens with zero attached hydrogens (tertiary/aromatic N) is 2. The molecule has 58 heavy (non-hydrogen) atoms. The van der Waals surface area contributed by atoms with Gasteiger partial charge in [0.05, 0.1) is 0 Å². The van der Waals surface area contributed by atoms with Crippen molar-refractivity contribution in [3.05, 3.63) is 119 Å². The minimum atomic E-state index is -3.82. The number of halogens is 4. The van der Waals surface area contributed by atoms with E-state index in [-0.39, 0.29) is 57.5 Å². The fraction of sp³-hybridized carbons (Fsp3) is 0.350. The second kappa shape index (κ2) is 18.7. The fourth-order valence-electron chi connectivity index (χ4n) is 6.77. The number of carbonyl (C=O) groups is 2. The third-order valence-corrected chi connectivity index (χ3v) is 12.9. The van der Waals surface area contributed by atoms with Crippen LogP contribution in [0.4, 0.5) is 28.9 Å². The van der Waals surface area contributed by atoms with Crippen LogP contribution in [0, 0.1) is 23.3 Å². The van der Waals surface area contributed by atoms with Crippen molar-refractivity contribution in [1.82, 2.24) is 18.6 Å². The van der Waals surface area contributed by atoms with Gasteiger partial charge >= 0.3 is 0 Å². The normalized spacial score (nSPS) is 20.3. The Morgan fingerprint density at radius 2 is 1.00 bits per heavy atom. The lowest BCUT2D eigenvalue weighted by molar-refractivity contribution is 0.101. The number of hydrogen-bond donors (Lipinski definition) is 4. The molecule has 0 radical (unpaired) electrons. The lowest BCUT2D eigenvalue weighted by Gasteiger charge is -2.13. The van der Waals surface area contributed by atoms with Gasteiger partial charge in [0.2, 0.25) is 20.0 Å². The summed E-state index contributed by atoms with van der Waals surface area (Å²) >= 11 is 0. The number of fused-ring (bicyclic) bond motifs is 2. The van der Waals surface area contributed by atoms with Crippen molar-refractivity contribution in [2.75, 3.05) is 10.6 Å². The van der Waals surface area contributed by atoms with Gasteiger partial charge in [0.25, 0.3) is 11.8 Å². The molecule has 2 aliphatic heterocycles. The summed E-state index contributed by atoms with van der Waals surface area (Å²) in [5.74, 6) is -5.42. The van der Waals surface area contributed by atoms with E-state index in [1.165, 1.54) is 33.7 Å². The summed E-state index contributed by atoms with van der Waals surface area (Å²) in [5, 5.41) is 5.02. The number of anilines is 2. The summed E-state index contributed by atoms with van der Waals surface area (Å²) in [6, 6.07) is 5.58. The van der Waals surface area contributed by atoms with E-state index >= 15 is 0 Å². The zero-order chi connectivity index (χ0) is 42.4. The molecule has 2 aliphatic rings. The minimum Gasteiger partial charge on any atom is -0.345 e. The van der Waals surface area contributed by atoms with Gasteiger partial charge in [0, 0.05) is 73.2 Å². The Bertz CT molecular complexity index is 2290. The Morgan fingerprint density at radius 1 is 0.621 bits per heavy atom. The minimum absolute atomic E-state index is 0.0360. The Labute approximate surface area is 335 Å². The van der Waals surface area contributed by atoms with E-state index in [9.17, 15) is 44.0 Å². The standard InChI is InChI=1S/2C20H23F2N3O3S/c2*1-13-7-5-3-4-6-8-15-18(29(27,28)24-13)12-25(2)19(15)20(26)23-14-9-10-16(21)17(22)11-14/h2*4,6,9-13,24H,3,5,7-8H2,1-2H3,(H,23,26)/b6-4+;6-4-. The quantitative estimate of drug-likeness (QED) is 0.128. The van der Waals surface area contributed by atoms with Crippen LogP contribution in [0.5, 0.6) is 0 Å². The maximum absolute atomic E-state index is 13.5. The highest BCUT2D eigenvalue weighted by Gasteiger charge is 2.30. The molecule has 0 spiro atoms. The fourth-order valence-corrected chi connectivity index (χ4v) is 9.92. The number of amides is 2. The summed E-state index contributed by atoms with van der Waals surface area (Å²) in [5.41, 5.74) is 1.14. The van der Waals surface area contributed by atoms with E-state index < -0.39 is 55.1 Å². The van der Waals surface area contributed by atoms with Gasteiger partial charge in [-0.25, -0.2) is 43.8 Å². The zero-order valence-electron chi connectivity index (χ0n) is 32.4.